The van der Waals surface area contributed by atoms with E-state index in [-0.39, 0.29) is 0 Å². The summed E-state index contributed by atoms with van der Waals surface area (Å²) >= 11 is 0. The van der Waals surface area contributed by atoms with Gasteiger partial charge in [-0.1, -0.05) is 243 Å². The first-order valence-electron chi connectivity index (χ1n) is 28.7. The minimum atomic E-state index is 0.852. The Bertz CT molecular complexity index is 4770. The van der Waals surface area contributed by atoms with Crippen LogP contribution >= 0.6 is 0 Å². The van der Waals surface area contributed by atoms with Crippen molar-refractivity contribution in [1.29, 1.82) is 0 Å². The Kier molecular flexibility index (Phi) is 11.8. The summed E-state index contributed by atoms with van der Waals surface area (Å²) in [6, 6.07) is 114. The van der Waals surface area contributed by atoms with Crippen molar-refractivity contribution in [2.45, 2.75) is 0 Å². The van der Waals surface area contributed by atoms with E-state index in [2.05, 4.69) is 300 Å². The SMILES string of the molecule is c1ccc(-c2ccc(-c3ccc4c(c3)c3ccccc3n4-c3ccc(-c4ccc(-c5nc6ccccc6nc5-c5ccc(-c6ccc(-n7c8ccccc8c8cc(-c9ccc(-c%10ccccc%10)cc9)ccc87)cc6)cc5)cc4)cc3)cc2)cc1. The standard InChI is InChI=1S/C80H52N4/c1-3-13-53(14-4-1)55-23-27-61(28-24-55)65-43-49-77-71(51-65)69-17-7-11-21-75(69)83(77)67-45-39-59(40-46-67)57-31-35-63(36-32-57)79-80(82-74-20-10-9-19-73(74)81-79)64-37-33-58(34-38-64)60-41-47-68(48-42-60)84-76-22-12-8-18-70(76)72-52-66(44-50-78(72)84)62-29-25-56(26-30-62)54-15-5-2-6-16-54/h1-52H. The first-order valence-corrected chi connectivity index (χ1v) is 28.7. The largest absolute Gasteiger partial charge is 0.309 e. The van der Waals surface area contributed by atoms with Crippen molar-refractivity contribution < 1.29 is 0 Å². The Morgan fingerprint density at radius 2 is 0.429 bits per heavy atom. The molecule has 13 aromatic carbocycles. The zero-order chi connectivity index (χ0) is 55.5. The molecule has 0 aliphatic rings. The number of aromatic nitrogens is 4. The predicted molar refractivity (Wildman–Crippen MR) is 352 cm³/mol. The Labute approximate surface area is 487 Å². The minimum Gasteiger partial charge on any atom is -0.309 e. The van der Waals surface area contributed by atoms with Crippen LogP contribution in [-0.2, 0) is 0 Å². The lowest BCUT2D eigenvalue weighted by molar-refractivity contribution is 1.18. The van der Waals surface area contributed by atoms with Gasteiger partial charge in [-0.3, -0.25) is 0 Å². The van der Waals surface area contributed by atoms with Gasteiger partial charge < -0.3 is 9.13 Å². The van der Waals surface area contributed by atoms with Gasteiger partial charge in [-0.2, -0.15) is 0 Å². The average molecular weight is 1070 g/mol. The van der Waals surface area contributed by atoms with Gasteiger partial charge in [-0.25, -0.2) is 9.97 Å². The molecule has 0 radical (unpaired) electrons. The molecule has 0 unspecified atom stereocenters. The summed E-state index contributed by atoms with van der Waals surface area (Å²) in [7, 11) is 0. The van der Waals surface area contributed by atoms with E-state index in [9.17, 15) is 0 Å². The van der Waals surface area contributed by atoms with Crippen LogP contribution in [0.5, 0.6) is 0 Å². The maximum absolute atomic E-state index is 5.28. The lowest BCUT2D eigenvalue weighted by Gasteiger charge is -2.13. The van der Waals surface area contributed by atoms with E-state index in [4.69, 9.17) is 9.97 Å². The fourth-order valence-corrected chi connectivity index (χ4v) is 12.5. The van der Waals surface area contributed by atoms with Crippen molar-refractivity contribution in [1.82, 2.24) is 19.1 Å². The van der Waals surface area contributed by atoms with Crippen LogP contribution in [0.25, 0.3) is 155 Å². The van der Waals surface area contributed by atoms with E-state index in [1.165, 1.54) is 88.1 Å². The molecule has 4 nitrogen and oxygen atoms in total. The maximum atomic E-state index is 5.28. The normalized spacial score (nSPS) is 11.6. The van der Waals surface area contributed by atoms with Gasteiger partial charge in [-0.15, -0.1) is 0 Å². The van der Waals surface area contributed by atoms with Crippen LogP contribution in [0.1, 0.15) is 0 Å². The predicted octanol–water partition coefficient (Wildman–Crippen LogP) is 21.2. The summed E-state index contributed by atoms with van der Waals surface area (Å²) in [5.74, 6) is 0. The Morgan fingerprint density at radius 3 is 0.786 bits per heavy atom. The molecule has 16 aromatic rings. The minimum absolute atomic E-state index is 0.852. The number of rotatable bonds is 10. The van der Waals surface area contributed by atoms with Crippen molar-refractivity contribution >= 4 is 54.6 Å². The second kappa shape index (κ2) is 20.4. The maximum Gasteiger partial charge on any atom is 0.0973 e. The Hall–Kier alpha value is -11.2. The third-order valence-corrected chi connectivity index (χ3v) is 16.8. The van der Waals surface area contributed by atoms with Gasteiger partial charge in [0, 0.05) is 44.0 Å². The number of hydrogen-bond acceptors (Lipinski definition) is 2. The summed E-state index contributed by atoms with van der Waals surface area (Å²) in [6.45, 7) is 0. The Balaban J connectivity index is 0.663. The van der Waals surface area contributed by atoms with Crippen LogP contribution in [0.2, 0.25) is 0 Å². The third kappa shape index (κ3) is 8.64. The molecule has 3 aromatic heterocycles. The molecule has 392 valence electrons. The van der Waals surface area contributed by atoms with Gasteiger partial charge in [-0.05, 0) is 140 Å². The summed E-state index contributed by atoms with van der Waals surface area (Å²) in [5, 5.41) is 4.95. The van der Waals surface area contributed by atoms with Crippen LogP contribution in [0.15, 0.2) is 315 Å². The summed E-state index contributed by atoms with van der Waals surface area (Å²) in [4.78, 5) is 10.6. The third-order valence-electron chi connectivity index (χ3n) is 16.8. The number of nitrogens with zero attached hydrogens (tertiary/aromatic N) is 4. The molecule has 3 heterocycles. The second-order valence-electron chi connectivity index (χ2n) is 21.7. The fraction of sp³-hybridized carbons (Fsp3) is 0. The van der Waals surface area contributed by atoms with Gasteiger partial charge >= 0.3 is 0 Å². The van der Waals surface area contributed by atoms with Gasteiger partial charge in [0.05, 0.1) is 44.5 Å². The van der Waals surface area contributed by atoms with Crippen LogP contribution in [0, 0.1) is 0 Å². The van der Waals surface area contributed by atoms with Crippen molar-refractivity contribution in [2.24, 2.45) is 0 Å². The zero-order valence-corrected chi connectivity index (χ0v) is 45.8. The number of hydrogen-bond donors (Lipinski definition) is 0. The Morgan fingerprint density at radius 1 is 0.179 bits per heavy atom. The fourth-order valence-electron chi connectivity index (χ4n) is 12.5. The average Bonchev–Trinajstić information content (AvgIpc) is 3.05. The van der Waals surface area contributed by atoms with Gasteiger partial charge in [0.15, 0.2) is 0 Å². The molecule has 4 heteroatoms. The topological polar surface area (TPSA) is 35.6 Å². The van der Waals surface area contributed by atoms with Gasteiger partial charge in [0.1, 0.15) is 0 Å². The molecule has 0 atom stereocenters. The van der Waals surface area contributed by atoms with Crippen LogP contribution in [-0.4, -0.2) is 19.1 Å². The molecule has 0 aliphatic carbocycles. The summed E-state index contributed by atoms with van der Waals surface area (Å²) in [5.41, 5.74) is 26.7. The highest BCUT2D eigenvalue weighted by molar-refractivity contribution is 6.12. The highest BCUT2D eigenvalue weighted by Crippen LogP contribution is 2.40. The molecule has 0 spiro atoms. The highest BCUT2D eigenvalue weighted by Gasteiger charge is 2.18. The van der Waals surface area contributed by atoms with Crippen molar-refractivity contribution in [2.75, 3.05) is 0 Å². The summed E-state index contributed by atoms with van der Waals surface area (Å²) < 4.78 is 4.77. The molecule has 0 bridgehead atoms. The molecular formula is C80H52N4. The molecule has 16 rings (SSSR count). The van der Waals surface area contributed by atoms with E-state index >= 15 is 0 Å². The molecule has 0 fully saturated rings. The molecular weight excluding hydrogens is 1020 g/mol. The van der Waals surface area contributed by atoms with Crippen molar-refractivity contribution in [3.8, 4) is 101 Å². The molecule has 84 heavy (non-hydrogen) atoms. The molecule has 0 N–H and O–H groups in total. The van der Waals surface area contributed by atoms with Crippen molar-refractivity contribution in [3.63, 3.8) is 0 Å². The number of fused-ring (bicyclic) bond motifs is 7. The number of para-hydroxylation sites is 4. The van der Waals surface area contributed by atoms with Crippen LogP contribution in [0.3, 0.4) is 0 Å². The zero-order valence-electron chi connectivity index (χ0n) is 45.8. The smallest absolute Gasteiger partial charge is 0.0973 e. The highest BCUT2D eigenvalue weighted by atomic mass is 15.0. The first kappa shape index (κ1) is 48.7. The van der Waals surface area contributed by atoms with E-state index in [1.807, 2.05) is 24.3 Å². The van der Waals surface area contributed by atoms with E-state index in [0.717, 1.165) is 67.2 Å². The monoisotopic (exact) mass is 1070 g/mol. The van der Waals surface area contributed by atoms with Crippen LogP contribution < -0.4 is 0 Å². The quantitative estimate of drug-likeness (QED) is 0.137. The summed E-state index contributed by atoms with van der Waals surface area (Å²) in [6.07, 6.45) is 0. The van der Waals surface area contributed by atoms with E-state index < -0.39 is 0 Å². The van der Waals surface area contributed by atoms with E-state index in [0.29, 0.717) is 0 Å². The molecule has 0 amide bonds. The van der Waals surface area contributed by atoms with E-state index in [1.54, 1.807) is 0 Å². The molecule has 0 aliphatic heterocycles. The number of benzene rings is 13. The lowest BCUT2D eigenvalue weighted by atomic mass is 9.98. The van der Waals surface area contributed by atoms with Crippen molar-refractivity contribution in [3.05, 3.63) is 315 Å². The first-order chi connectivity index (χ1) is 41.6. The van der Waals surface area contributed by atoms with Crippen LogP contribution in [0.4, 0.5) is 0 Å². The van der Waals surface area contributed by atoms with Gasteiger partial charge in [0.2, 0.25) is 0 Å². The lowest BCUT2D eigenvalue weighted by Crippen LogP contribution is -1.96. The second-order valence-corrected chi connectivity index (χ2v) is 21.7. The molecule has 0 saturated heterocycles. The molecule has 0 saturated carbocycles. The van der Waals surface area contributed by atoms with Gasteiger partial charge in [0.25, 0.3) is 0 Å².